The van der Waals surface area contributed by atoms with Crippen LogP contribution in [0.5, 0.6) is 0 Å². The zero-order valence-corrected chi connectivity index (χ0v) is 10.7. The van der Waals surface area contributed by atoms with Crippen LogP contribution < -0.4 is 0 Å². The molecule has 0 saturated carbocycles. The summed E-state index contributed by atoms with van der Waals surface area (Å²) in [6, 6.07) is 0. The van der Waals surface area contributed by atoms with E-state index in [1.54, 1.807) is 0 Å². The lowest BCUT2D eigenvalue weighted by Gasteiger charge is -2.06. The smallest absolute Gasteiger partial charge is 0.310 e. The van der Waals surface area contributed by atoms with Crippen LogP contribution >= 0.6 is 0 Å². The molecule has 0 radical (unpaired) electrons. The normalized spacial score (nSPS) is 13.1. The van der Waals surface area contributed by atoms with Gasteiger partial charge in [-0.2, -0.15) is 0 Å². The molecule has 2 heteroatoms. The van der Waals surface area contributed by atoms with Crippen molar-refractivity contribution in [2.24, 2.45) is 5.92 Å². The van der Waals surface area contributed by atoms with Crippen LogP contribution in [0.25, 0.3) is 0 Å². The summed E-state index contributed by atoms with van der Waals surface area (Å²) in [6.45, 7) is 4.31. The van der Waals surface area contributed by atoms with Gasteiger partial charge in [-0.3, -0.25) is 4.79 Å². The van der Waals surface area contributed by atoms with Gasteiger partial charge in [-0.05, 0) is 12.8 Å². The summed E-state index contributed by atoms with van der Waals surface area (Å²) >= 11 is 0. The van der Waals surface area contributed by atoms with E-state index in [1.807, 2.05) is 12.2 Å². The average molecular weight is 226 g/mol. The van der Waals surface area contributed by atoms with E-state index in [0.717, 1.165) is 32.1 Å². The summed E-state index contributed by atoms with van der Waals surface area (Å²) in [7, 11) is 0. The highest BCUT2D eigenvalue weighted by Gasteiger charge is 2.12. The Bertz CT molecular complexity index is 197. The van der Waals surface area contributed by atoms with Gasteiger partial charge in [-0.15, -0.1) is 0 Å². The van der Waals surface area contributed by atoms with E-state index < -0.39 is 5.97 Å². The molecule has 0 bridgehead atoms. The fourth-order valence-electron chi connectivity index (χ4n) is 1.68. The van der Waals surface area contributed by atoms with Crippen molar-refractivity contribution in [2.75, 3.05) is 0 Å². The molecule has 0 saturated heterocycles. The molecule has 16 heavy (non-hydrogen) atoms. The fraction of sp³-hybridized carbons (Fsp3) is 0.786. The number of aliphatic carboxylic acids is 1. The topological polar surface area (TPSA) is 37.3 Å². The molecule has 0 aliphatic rings. The monoisotopic (exact) mass is 226 g/mol. The highest BCUT2D eigenvalue weighted by molar-refractivity contribution is 5.72. The molecule has 0 spiro atoms. The summed E-state index contributed by atoms with van der Waals surface area (Å²) in [4.78, 5) is 11.0. The second-order valence-corrected chi connectivity index (χ2v) is 4.36. The minimum Gasteiger partial charge on any atom is -0.481 e. The molecule has 0 aromatic rings. The summed E-state index contributed by atoms with van der Waals surface area (Å²) in [5.74, 6) is -0.946. The van der Waals surface area contributed by atoms with Crippen molar-refractivity contribution in [3.63, 3.8) is 0 Å². The Morgan fingerprint density at radius 2 is 1.81 bits per heavy atom. The molecule has 0 fully saturated rings. The molecule has 0 aromatic carbocycles. The molecule has 0 aliphatic heterocycles. The van der Waals surface area contributed by atoms with Gasteiger partial charge in [-0.1, -0.05) is 64.5 Å². The summed E-state index contributed by atoms with van der Waals surface area (Å²) < 4.78 is 0. The lowest BCUT2D eigenvalue weighted by molar-refractivity contribution is -0.140. The van der Waals surface area contributed by atoms with Crippen LogP contribution in [-0.4, -0.2) is 11.1 Å². The first-order valence-corrected chi connectivity index (χ1v) is 6.61. The van der Waals surface area contributed by atoms with Gasteiger partial charge < -0.3 is 5.11 Å². The van der Waals surface area contributed by atoms with Crippen LogP contribution in [0.4, 0.5) is 0 Å². The number of carbonyl (C=O) groups is 1. The van der Waals surface area contributed by atoms with E-state index in [4.69, 9.17) is 5.11 Å². The SMILES string of the molecule is CCCCC=CC(CCCCCC)C(=O)O. The van der Waals surface area contributed by atoms with Crippen molar-refractivity contribution in [3.8, 4) is 0 Å². The van der Waals surface area contributed by atoms with E-state index in [2.05, 4.69) is 13.8 Å². The van der Waals surface area contributed by atoms with Gasteiger partial charge in [-0.25, -0.2) is 0 Å². The van der Waals surface area contributed by atoms with Gasteiger partial charge in [0.2, 0.25) is 0 Å². The minimum absolute atomic E-state index is 0.270. The molecule has 0 heterocycles. The Kier molecular flexibility index (Phi) is 10.2. The van der Waals surface area contributed by atoms with Crippen molar-refractivity contribution in [1.29, 1.82) is 0 Å². The van der Waals surface area contributed by atoms with Gasteiger partial charge >= 0.3 is 5.97 Å². The first-order valence-electron chi connectivity index (χ1n) is 6.61. The zero-order chi connectivity index (χ0) is 12.2. The van der Waals surface area contributed by atoms with E-state index in [1.165, 1.54) is 19.3 Å². The molecule has 1 N–H and O–H groups in total. The summed E-state index contributed by atoms with van der Waals surface area (Å²) in [6.07, 6.45) is 12.6. The third-order valence-electron chi connectivity index (χ3n) is 2.78. The first-order chi connectivity index (χ1) is 7.72. The van der Waals surface area contributed by atoms with Crippen LogP contribution in [0, 0.1) is 5.92 Å². The molecule has 94 valence electrons. The third kappa shape index (κ3) is 8.51. The zero-order valence-electron chi connectivity index (χ0n) is 10.7. The third-order valence-corrected chi connectivity index (χ3v) is 2.78. The molecule has 2 nitrogen and oxygen atoms in total. The Morgan fingerprint density at radius 1 is 1.12 bits per heavy atom. The number of rotatable bonds is 10. The maximum absolute atomic E-state index is 11.0. The lowest BCUT2D eigenvalue weighted by atomic mass is 10.00. The summed E-state index contributed by atoms with van der Waals surface area (Å²) in [5.41, 5.74) is 0. The number of carboxylic acids is 1. The fourth-order valence-corrected chi connectivity index (χ4v) is 1.68. The van der Waals surface area contributed by atoms with E-state index in [0.29, 0.717) is 0 Å². The quantitative estimate of drug-likeness (QED) is 0.442. The molecular weight excluding hydrogens is 200 g/mol. The van der Waals surface area contributed by atoms with Crippen molar-refractivity contribution < 1.29 is 9.90 Å². The number of carboxylic acid groups (broad SMARTS) is 1. The lowest BCUT2D eigenvalue weighted by Crippen LogP contribution is -2.10. The van der Waals surface area contributed by atoms with Gasteiger partial charge in [0.15, 0.2) is 0 Å². The van der Waals surface area contributed by atoms with Crippen LogP contribution in [0.1, 0.15) is 65.2 Å². The molecule has 1 atom stereocenters. The van der Waals surface area contributed by atoms with E-state index in [-0.39, 0.29) is 5.92 Å². The van der Waals surface area contributed by atoms with Gasteiger partial charge in [0.05, 0.1) is 5.92 Å². The Labute approximate surface area is 99.7 Å². The van der Waals surface area contributed by atoms with E-state index >= 15 is 0 Å². The van der Waals surface area contributed by atoms with Crippen molar-refractivity contribution in [1.82, 2.24) is 0 Å². The molecule has 0 aromatic heterocycles. The number of hydrogen-bond acceptors (Lipinski definition) is 1. The predicted octanol–water partition coefficient (Wildman–Crippen LogP) is 4.40. The second kappa shape index (κ2) is 10.7. The Balaban J connectivity index is 3.79. The average Bonchev–Trinajstić information content (AvgIpc) is 2.26. The Hall–Kier alpha value is -0.790. The highest BCUT2D eigenvalue weighted by Crippen LogP contribution is 2.13. The molecular formula is C14H26O2. The van der Waals surface area contributed by atoms with Gasteiger partial charge in [0.1, 0.15) is 0 Å². The number of hydrogen-bond donors (Lipinski definition) is 1. The second-order valence-electron chi connectivity index (χ2n) is 4.36. The molecule has 0 amide bonds. The molecule has 0 rings (SSSR count). The molecule has 0 aliphatic carbocycles. The number of allylic oxidation sites excluding steroid dienone is 1. The van der Waals surface area contributed by atoms with Gasteiger partial charge in [0, 0.05) is 0 Å². The van der Waals surface area contributed by atoms with Crippen LogP contribution in [0.15, 0.2) is 12.2 Å². The first kappa shape index (κ1) is 15.2. The maximum atomic E-state index is 11.0. The summed E-state index contributed by atoms with van der Waals surface area (Å²) in [5, 5.41) is 9.04. The van der Waals surface area contributed by atoms with Crippen molar-refractivity contribution >= 4 is 5.97 Å². The van der Waals surface area contributed by atoms with E-state index in [9.17, 15) is 4.79 Å². The van der Waals surface area contributed by atoms with Crippen molar-refractivity contribution in [3.05, 3.63) is 12.2 Å². The van der Waals surface area contributed by atoms with Crippen molar-refractivity contribution in [2.45, 2.75) is 65.2 Å². The maximum Gasteiger partial charge on any atom is 0.310 e. The van der Waals surface area contributed by atoms with Crippen LogP contribution in [0.2, 0.25) is 0 Å². The number of unbranched alkanes of at least 4 members (excludes halogenated alkanes) is 5. The molecule has 1 unspecified atom stereocenters. The largest absolute Gasteiger partial charge is 0.481 e. The standard InChI is InChI=1S/C14H26O2/c1-3-5-7-9-11-13(14(15)16)12-10-8-6-4-2/h9,11,13H,3-8,10,12H2,1-2H3,(H,15,16). The minimum atomic E-state index is -0.677. The Morgan fingerprint density at radius 3 is 2.38 bits per heavy atom. The van der Waals surface area contributed by atoms with Crippen LogP contribution in [0.3, 0.4) is 0 Å². The highest BCUT2D eigenvalue weighted by atomic mass is 16.4. The van der Waals surface area contributed by atoms with Crippen LogP contribution in [-0.2, 0) is 4.79 Å². The van der Waals surface area contributed by atoms with Gasteiger partial charge in [0.25, 0.3) is 0 Å². The predicted molar refractivity (Wildman–Crippen MR) is 68.5 cm³/mol.